The van der Waals surface area contributed by atoms with Gasteiger partial charge in [-0.2, -0.15) is 0 Å². The first-order valence-corrected chi connectivity index (χ1v) is 6.55. The standard InChI is InChI=1S/C13H14ClN3O2/c1-16-7-6-15-12(16)8-17(9-2-3-9)13(18)10-4-5-11(14)19-10/h4-7,9H,2-3,8H2,1H3. The molecule has 1 aliphatic rings. The highest BCUT2D eigenvalue weighted by atomic mass is 35.5. The molecule has 0 spiro atoms. The summed E-state index contributed by atoms with van der Waals surface area (Å²) in [7, 11) is 1.92. The van der Waals surface area contributed by atoms with Crippen LogP contribution in [0.3, 0.4) is 0 Å². The van der Waals surface area contributed by atoms with E-state index in [-0.39, 0.29) is 22.9 Å². The number of carbonyl (C=O) groups excluding carboxylic acids is 1. The number of furan rings is 1. The van der Waals surface area contributed by atoms with E-state index in [4.69, 9.17) is 16.0 Å². The number of hydrogen-bond donors (Lipinski definition) is 0. The lowest BCUT2D eigenvalue weighted by atomic mass is 10.3. The average molecular weight is 280 g/mol. The highest BCUT2D eigenvalue weighted by molar-refractivity contribution is 6.29. The van der Waals surface area contributed by atoms with E-state index in [1.54, 1.807) is 23.2 Å². The number of nitrogens with zero attached hydrogens (tertiary/aromatic N) is 3. The van der Waals surface area contributed by atoms with Gasteiger partial charge in [-0.3, -0.25) is 4.79 Å². The lowest BCUT2D eigenvalue weighted by Crippen LogP contribution is -2.33. The minimum atomic E-state index is -0.127. The predicted molar refractivity (Wildman–Crippen MR) is 69.8 cm³/mol. The summed E-state index contributed by atoms with van der Waals surface area (Å²) in [5.74, 6) is 1.02. The van der Waals surface area contributed by atoms with E-state index in [2.05, 4.69) is 4.98 Å². The third-order valence-electron chi connectivity index (χ3n) is 3.27. The number of rotatable bonds is 4. The quantitative estimate of drug-likeness (QED) is 0.864. The second kappa shape index (κ2) is 4.74. The molecule has 6 heteroatoms. The maximum Gasteiger partial charge on any atom is 0.290 e. The van der Waals surface area contributed by atoms with Crippen LogP contribution in [-0.4, -0.2) is 26.4 Å². The average Bonchev–Trinajstić information content (AvgIpc) is 3.01. The molecule has 0 unspecified atom stereocenters. The van der Waals surface area contributed by atoms with Crippen molar-refractivity contribution in [1.29, 1.82) is 0 Å². The van der Waals surface area contributed by atoms with Crippen molar-refractivity contribution in [3.8, 4) is 0 Å². The molecule has 0 aliphatic heterocycles. The van der Waals surface area contributed by atoms with E-state index in [0.29, 0.717) is 6.54 Å². The zero-order chi connectivity index (χ0) is 13.4. The van der Waals surface area contributed by atoms with Crippen molar-refractivity contribution in [2.45, 2.75) is 25.4 Å². The second-order valence-electron chi connectivity index (χ2n) is 4.72. The molecule has 0 atom stereocenters. The van der Waals surface area contributed by atoms with E-state index in [1.807, 2.05) is 17.8 Å². The van der Waals surface area contributed by atoms with Crippen molar-refractivity contribution >= 4 is 17.5 Å². The molecular weight excluding hydrogens is 266 g/mol. The molecule has 1 saturated carbocycles. The molecule has 0 aromatic carbocycles. The van der Waals surface area contributed by atoms with Crippen molar-refractivity contribution in [3.63, 3.8) is 0 Å². The molecule has 3 rings (SSSR count). The zero-order valence-electron chi connectivity index (χ0n) is 10.5. The fourth-order valence-electron chi connectivity index (χ4n) is 2.02. The highest BCUT2D eigenvalue weighted by Crippen LogP contribution is 2.30. The Hall–Kier alpha value is -1.75. The van der Waals surface area contributed by atoms with E-state index in [0.717, 1.165) is 18.7 Å². The van der Waals surface area contributed by atoms with Gasteiger partial charge < -0.3 is 13.9 Å². The van der Waals surface area contributed by atoms with Crippen LogP contribution in [0.2, 0.25) is 5.22 Å². The van der Waals surface area contributed by atoms with E-state index in [1.165, 1.54) is 0 Å². The van der Waals surface area contributed by atoms with Crippen LogP contribution in [0.25, 0.3) is 0 Å². The van der Waals surface area contributed by atoms with Crippen LogP contribution >= 0.6 is 11.6 Å². The fraction of sp³-hybridized carbons (Fsp3) is 0.385. The number of amides is 1. The molecule has 0 N–H and O–H groups in total. The first kappa shape index (κ1) is 12.3. The highest BCUT2D eigenvalue weighted by Gasteiger charge is 2.34. The van der Waals surface area contributed by atoms with Gasteiger partial charge in [0.1, 0.15) is 5.82 Å². The number of aryl methyl sites for hydroxylation is 1. The predicted octanol–water partition coefficient (Wildman–Crippen LogP) is 2.47. The topological polar surface area (TPSA) is 51.3 Å². The van der Waals surface area contributed by atoms with Crippen molar-refractivity contribution < 1.29 is 9.21 Å². The number of halogens is 1. The molecule has 1 fully saturated rings. The number of carbonyl (C=O) groups is 1. The van der Waals surface area contributed by atoms with Gasteiger partial charge in [0.25, 0.3) is 5.91 Å². The minimum Gasteiger partial charge on any atom is -0.440 e. The number of imidazole rings is 1. The van der Waals surface area contributed by atoms with Gasteiger partial charge >= 0.3 is 0 Å². The molecule has 0 saturated heterocycles. The third kappa shape index (κ3) is 2.51. The Morgan fingerprint density at radius 1 is 1.58 bits per heavy atom. The normalized spacial score (nSPS) is 14.6. The Kier molecular flexibility index (Phi) is 3.06. The first-order chi connectivity index (χ1) is 9.15. The Labute approximate surface area is 115 Å². The first-order valence-electron chi connectivity index (χ1n) is 6.17. The van der Waals surface area contributed by atoms with Crippen LogP contribution in [-0.2, 0) is 13.6 Å². The molecular formula is C13H14ClN3O2. The smallest absolute Gasteiger partial charge is 0.290 e. The minimum absolute atomic E-state index is 0.127. The monoisotopic (exact) mass is 279 g/mol. The molecule has 19 heavy (non-hydrogen) atoms. The zero-order valence-corrected chi connectivity index (χ0v) is 11.3. The van der Waals surface area contributed by atoms with Crippen molar-refractivity contribution in [3.05, 3.63) is 41.3 Å². The van der Waals surface area contributed by atoms with Gasteiger partial charge in [0.2, 0.25) is 0 Å². The molecule has 0 bridgehead atoms. The van der Waals surface area contributed by atoms with Crippen molar-refractivity contribution in [1.82, 2.24) is 14.5 Å². The molecule has 1 amide bonds. The molecule has 2 aromatic rings. The van der Waals surface area contributed by atoms with Crippen molar-refractivity contribution in [2.75, 3.05) is 0 Å². The second-order valence-corrected chi connectivity index (χ2v) is 5.09. The van der Waals surface area contributed by atoms with Crippen molar-refractivity contribution in [2.24, 2.45) is 7.05 Å². The lowest BCUT2D eigenvalue weighted by Gasteiger charge is -2.20. The Bertz CT molecular complexity index is 601. The van der Waals surface area contributed by atoms with Crippen LogP contribution in [0.1, 0.15) is 29.2 Å². The maximum absolute atomic E-state index is 12.4. The summed E-state index contributed by atoms with van der Waals surface area (Å²) in [6.07, 6.45) is 5.67. The van der Waals surface area contributed by atoms with Crippen LogP contribution < -0.4 is 0 Å². The molecule has 1 aliphatic carbocycles. The van der Waals surface area contributed by atoms with Gasteiger partial charge in [-0.25, -0.2) is 4.98 Å². The summed E-state index contributed by atoms with van der Waals surface area (Å²) >= 11 is 5.72. The maximum atomic E-state index is 12.4. The summed E-state index contributed by atoms with van der Waals surface area (Å²) < 4.78 is 7.12. The summed E-state index contributed by atoms with van der Waals surface area (Å²) in [5.41, 5.74) is 0. The molecule has 2 aromatic heterocycles. The van der Waals surface area contributed by atoms with Gasteiger partial charge in [0, 0.05) is 25.5 Å². The van der Waals surface area contributed by atoms with Crippen LogP contribution in [0.4, 0.5) is 0 Å². The lowest BCUT2D eigenvalue weighted by molar-refractivity contribution is 0.0691. The third-order valence-corrected chi connectivity index (χ3v) is 3.47. The largest absolute Gasteiger partial charge is 0.440 e. The fourth-order valence-corrected chi connectivity index (χ4v) is 2.17. The van der Waals surface area contributed by atoms with E-state index < -0.39 is 0 Å². The van der Waals surface area contributed by atoms with Gasteiger partial charge in [0.15, 0.2) is 11.0 Å². The summed E-state index contributed by atoms with van der Waals surface area (Å²) in [5, 5.41) is 0.232. The van der Waals surface area contributed by atoms with Crippen LogP contribution in [0, 0.1) is 0 Å². The van der Waals surface area contributed by atoms with Gasteiger partial charge in [-0.1, -0.05) is 0 Å². The molecule has 0 radical (unpaired) electrons. The molecule has 100 valence electrons. The summed E-state index contributed by atoms with van der Waals surface area (Å²) in [6, 6.07) is 3.48. The molecule has 5 nitrogen and oxygen atoms in total. The summed E-state index contributed by atoms with van der Waals surface area (Å²) in [4.78, 5) is 18.5. The van der Waals surface area contributed by atoms with E-state index >= 15 is 0 Å². The molecule has 2 heterocycles. The Morgan fingerprint density at radius 3 is 2.89 bits per heavy atom. The Balaban J connectivity index is 1.81. The van der Waals surface area contributed by atoms with Crippen LogP contribution in [0.15, 0.2) is 28.9 Å². The number of aromatic nitrogens is 2. The number of hydrogen-bond acceptors (Lipinski definition) is 3. The van der Waals surface area contributed by atoms with Crippen LogP contribution in [0.5, 0.6) is 0 Å². The van der Waals surface area contributed by atoms with Gasteiger partial charge in [-0.15, -0.1) is 0 Å². The Morgan fingerprint density at radius 2 is 2.37 bits per heavy atom. The van der Waals surface area contributed by atoms with E-state index in [9.17, 15) is 4.79 Å². The van der Waals surface area contributed by atoms with Gasteiger partial charge in [-0.05, 0) is 36.6 Å². The SMILES string of the molecule is Cn1ccnc1CN(C(=O)c1ccc(Cl)o1)C1CC1. The summed E-state index contributed by atoms with van der Waals surface area (Å²) in [6.45, 7) is 0.491. The van der Waals surface area contributed by atoms with Gasteiger partial charge in [0.05, 0.1) is 6.54 Å².